The summed E-state index contributed by atoms with van der Waals surface area (Å²) in [4.78, 5) is 2.20. The van der Waals surface area contributed by atoms with Crippen molar-refractivity contribution in [2.24, 2.45) is 10.7 Å². The van der Waals surface area contributed by atoms with Gasteiger partial charge in [0.25, 0.3) is 0 Å². The van der Waals surface area contributed by atoms with Gasteiger partial charge in [-0.25, -0.2) is 4.21 Å². The molecule has 1 unspecified atom stereocenters. The minimum atomic E-state index is -5.29. The highest BCUT2D eigenvalue weighted by atomic mass is 35.5. The van der Waals surface area contributed by atoms with Gasteiger partial charge in [-0.1, -0.05) is 23.2 Å². The standard InChI is InChI=1S/C13H8Cl2F6N4OS/c1-24-11(10(8(23)4-22)27(26)13(19,20)21)25-9-6(14)2-5(3-7(9)15)12(16,17)18/h2-3H,23H2,1H3,(H,24,25). The van der Waals surface area contributed by atoms with Crippen LogP contribution >= 0.6 is 23.2 Å². The molecule has 1 atom stereocenters. The second kappa shape index (κ2) is 8.37. The summed E-state index contributed by atoms with van der Waals surface area (Å²) < 4.78 is 88.3. The van der Waals surface area contributed by atoms with Crippen LogP contribution in [0.3, 0.4) is 0 Å². The number of hydrogen-bond acceptors (Lipinski definition) is 4. The first kappa shape index (κ1) is 23.1. The number of aliphatic imine (C=N–C) groups is 1. The van der Waals surface area contributed by atoms with Gasteiger partial charge in [-0.15, -0.1) is 0 Å². The molecule has 0 aliphatic heterocycles. The summed E-state index contributed by atoms with van der Waals surface area (Å²) in [5.74, 6) is -0.812. The second-order valence-electron chi connectivity index (χ2n) is 4.58. The number of allylic oxidation sites excluding steroid dienone is 1. The lowest BCUT2D eigenvalue weighted by molar-refractivity contribution is -0.137. The van der Waals surface area contributed by atoms with E-state index in [4.69, 9.17) is 34.2 Å². The molecule has 148 valence electrons. The van der Waals surface area contributed by atoms with Crippen LogP contribution in [0.1, 0.15) is 5.56 Å². The monoisotopic (exact) mass is 452 g/mol. The highest BCUT2D eigenvalue weighted by Gasteiger charge is 2.42. The summed E-state index contributed by atoms with van der Waals surface area (Å²) in [5, 5.41) is 9.70. The molecule has 1 rings (SSSR count). The number of anilines is 1. The molecule has 1 aromatic carbocycles. The predicted octanol–water partition coefficient (Wildman–Crippen LogP) is 4.41. The van der Waals surface area contributed by atoms with Crippen LogP contribution in [0.25, 0.3) is 0 Å². The summed E-state index contributed by atoms with van der Waals surface area (Å²) in [7, 11) is -2.80. The van der Waals surface area contributed by atoms with Crippen molar-refractivity contribution in [1.82, 2.24) is 0 Å². The molecular formula is C13H8Cl2F6N4OS. The highest BCUT2D eigenvalue weighted by molar-refractivity contribution is 7.91. The quantitative estimate of drug-likeness (QED) is 0.307. The lowest BCUT2D eigenvalue weighted by atomic mass is 10.2. The van der Waals surface area contributed by atoms with E-state index >= 15 is 0 Å². The van der Waals surface area contributed by atoms with Gasteiger partial charge >= 0.3 is 11.7 Å². The van der Waals surface area contributed by atoms with E-state index in [0.717, 1.165) is 7.05 Å². The maximum absolute atomic E-state index is 12.8. The molecule has 0 aromatic heterocycles. The van der Waals surface area contributed by atoms with Crippen molar-refractivity contribution in [2.45, 2.75) is 11.7 Å². The topological polar surface area (TPSA) is 91.3 Å². The number of nitrogens with zero attached hydrogens (tertiary/aromatic N) is 2. The van der Waals surface area contributed by atoms with Crippen molar-refractivity contribution in [3.8, 4) is 6.07 Å². The van der Waals surface area contributed by atoms with E-state index in [-0.39, 0.29) is 0 Å². The Labute approximate surface area is 160 Å². The fourth-order valence-corrected chi connectivity index (χ4v) is 3.05. The van der Waals surface area contributed by atoms with E-state index in [1.54, 1.807) is 0 Å². The van der Waals surface area contributed by atoms with Crippen molar-refractivity contribution in [1.29, 1.82) is 5.26 Å². The predicted molar refractivity (Wildman–Crippen MR) is 89.5 cm³/mol. The Balaban J connectivity index is 3.49. The first-order chi connectivity index (χ1) is 12.2. The average molecular weight is 453 g/mol. The number of hydrogen-bond donors (Lipinski definition) is 2. The third kappa shape index (κ3) is 5.50. The van der Waals surface area contributed by atoms with Crippen molar-refractivity contribution >= 4 is 45.5 Å². The highest BCUT2D eigenvalue weighted by Crippen LogP contribution is 2.39. The van der Waals surface area contributed by atoms with Gasteiger partial charge < -0.3 is 11.1 Å². The Bertz CT molecular complexity index is 850. The summed E-state index contributed by atoms with van der Waals surface area (Å²) in [5.41, 5.74) is -2.82. The Hall–Kier alpha value is -1.97. The number of nitrogens with one attached hydrogen (secondary N) is 1. The molecule has 0 spiro atoms. The number of alkyl halides is 6. The SMILES string of the molecule is CN=C(Nc1c(Cl)cc(C(F)(F)F)cc1Cl)C(=C(N)C#N)S(=O)C(F)(F)F. The zero-order valence-electron chi connectivity index (χ0n) is 13.0. The van der Waals surface area contributed by atoms with Crippen LogP contribution < -0.4 is 11.1 Å². The van der Waals surface area contributed by atoms with Gasteiger partial charge in [-0.2, -0.15) is 31.6 Å². The molecule has 0 aliphatic carbocycles. The van der Waals surface area contributed by atoms with Crippen LogP contribution in [0.4, 0.5) is 32.0 Å². The van der Waals surface area contributed by atoms with Crippen molar-refractivity contribution in [3.05, 3.63) is 38.3 Å². The van der Waals surface area contributed by atoms with E-state index < -0.39 is 60.2 Å². The lowest BCUT2D eigenvalue weighted by Gasteiger charge is -2.17. The van der Waals surface area contributed by atoms with E-state index in [2.05, 4.69) is 10.3 Å². The molecule has 3 N–H and O–H groups in total. The summed E-state index contributed by atoms with van der Waals surface area (Å²) >= 11 is 11.4. The Morgan fingerprint density at radius 3 is 2.04 bits per heavy atom. The summed E-state index contributed by atoms with van der Waals surface area (Å²) in [6, 6.07) is 2.15. The zero-order valence-corrected chi connectivity index (χ0v) is 15.3. The molecule has 0 bridgehead atoms. The molecule has 0 heterocycles. The van der Waals surface area contributed by atoms with Gasteiger partial charge in [0.2, 0.25) is 0 Å². The number of benzene rings is 1. The molecule has 0 fully saturated rings. The van der Waals surface area contributed by atoms with Crippen LogP contribution in [-0.2, 0) is 17.0 Å². The minimum Gasteiger partial charge on any atom is -0.389 e. The van der Waals surface area contributed by atoms with E-state index in [9.17, 15) is 30.6 Å². The Morgan fingerprint density at radius 2 is 1.70 bits per heavy atom. The molecule has 27 heavy (non-hydrogen) atoms. The third-order valence-electron chi connectivity index (χ3n) is 2.81. The number of amidine groups is 1. The van der Waals surface area contributed by atoms with Gasteiger partial charge in [-0.05, 0) is 12.1 Å². The molecule has 0 saturated carbocycles. The van der Waals surface area contributed by atoms with Crippen LogP contribution in [0.2, 0.25) is 10.0 Å². The van der Waals surface area contributed by atoms with Crippen LogP contribution in [0.15, 0.2) is 27.7 Å². The number of nitrogens with two attached hydrogens (primary N) is 1. The maximum atomic E-state index is 12.8. The van der Waals surface area contributed by atoms with Crippen molar-refractivity contribution in [3.63, 3.8) is 0 Å². The normalized spacial score (nSPS) is 15.0. The van der Waals surface area contributed by atoms with Gasteiger partial charge in [0.1, 0.15) is 22.5 Å². The number of rotatable bonds is 3. The van der Waals surface area contributed by atoms with Crippen LogP contribution in [-0.4, -0.2) is 22.6 Å². The largest absolute Gasteiger partial charge is 0.476 e. The van der Waals surface area contributed by atoms with E-state index in [1.165, 1.54) is 6.07 Å². The van der Waals surface area contributed by atoms with Gasteiger partial charge in [0.15, 0.2) is 10.8 Å². The minimum absolute atomic E-state index is 0.450. The molecule has 5 nitrogen and oxygen atoms in total. The van der Waals surface area contributed by atoms with Crippen LogP contribution in [0, 0.1) is 11.3 Å². The van der Waals surface area contributed by atoms with Crippen molar-refractivity contribution < 1.29 is 30.6 Å². The van der Waals surface area contributed by atoms with E-state index in [1.807, 2.05) is 0 Å². The van der Waals surface area contributed by atoms with Gasteiger partial charge in [-0.3, -0.25) is 4.99 Å². The van der Waals surface area contributed by atoms with Gasteiger partial charge in [0.05, 0.1) is 21.3 Å². The Kier molecular flexibility index (Phi) is 7.15. The molecule has 0 aliphatic rings. The molecule has 0 radical (unpaired) electrons. The summed E-state index contributed by atoms with van der Waals surface area (Å²) in [6.07, 6.45) is -4.78. The third-order valence-corrected chi connectivity index (χ3v) is 4.61. The number of halogens is 8. The maximum Gasteiger partial charge on any atom is 0.476 e. The van der Waals surface area contributed by atoms with Crippen molar-refractivity contribution in [2.75, 3.05) is 12.4 Å². The molecular weight excluding hydrogens is 445 g/mol. The first-order valence-electron chi connectivity index (χ1n) is 6.42. The first-order valence-corrected chi connectivity index (χ1v) is 8.33. The fourth-order valence-electron chi connectivity index (χ4n) is 1.67. The molecule has 0 amide bonds. The lowest BCUT2D eigenvalue weighted by Crippen LogP contribution is -2.29. The van der Waals surface area contributed by atoms with E-state index in [0.29, 0.717) is 12.1 Å². The second-order valence-corrected chi connectivity index (χ2v) is 6.80. The average Bonchev–Trinajstić information content (AvgIpc) is 2.54. The number of nitriles is 1. The molecule has 14 heteroatoms. The summed E-state index contributed by atoms with van der Waals surface area (Å²) in [6.45, 7) is 0. The zero-order chi connectivity index (χ0) is 21.2. The van der Waals surface area contributed by atoms with Crippen LogP contribution in [0.5, 0.6) is 0 Å². The molecule has 1 aromatic rings. The molecule has 0 saturated heterocycles. The Morgan fingerprint density at radius 1 is 1.22 bits per heavy atom. The smallest absolute Gasteiger partial charge is 0.389 e. The van der Waals surface area contributed by atoms with Gasteiger partial charge in [0, 0.05) is 7.05 Å². The fraction of sp³-hybridized carbons (Fsp3) is 0.231.